The minimum absolute atomic E-state index is 0.0482. The van der Waals surface area contributed by atoms with E-state index in [1.165, 1.54) is 13.4 Å². The van der Waals surface area contributed by atoms with E-state index < -0.39 is 41.7 Å². The standard InChI is InChI=1S/C30H44O9/c1-16-24(33)26(36-3)25(34)27(38-16)39-19-6-10-29(15-31)18(13-19)4-5-22-21(29)7-9-28(2)20(8-11-30(22,28)35)17-12-23(32)37-14-17/h12,15-16,18-22,24-27,33-35H,4-11,13-14H2,1-3H3/t16-,18+,19-,20-,21-,22+,24-,25-,26+,27-,28+,29+,30-/m0/s1. The highest BCUT2D eigenvalue weighted by Gasteiger charge is 2.68. The summed E-state index contributed by atoms with van der Waals surface area (Å²) in [5, 5.41) is 33.4. The molecule has 3 N–H and O–H groups in total. The van der Waals surface area contributed by atoms with Gasteiger partial charge in [0.15, 0.2) is 6.29 Å². The number of hydrogen-bond acceptors (Lipinski definition) is 9. The minimum atomic E-state index is -1.11. The summed E-state index contributed by atoms with van der Waals surface area (Å²) in [6.07, 6.45) is 5.39. The summed E-state index contributed by atoms with van der Waals surface area (Å²) in [7, 11) is 1.46. The molecule has 5 fully saturated rings. The molecule has 39 heavy (non-hydrogen) atoms. The molecule has 9 heteroatoms. The number of methoxy groups -OCH3 is 1. The molecule has 1 saturated heterocycles. The van der Waals surface area contributed by atoms with Crippen molar-refractivity contribution in [3.63, 3.8) is 0 Å². The van der Waals surface area contributed by atoms with E-state index in [9.17, 15) is 24.9 Å². The zero-order chi connectivity index (χ0) is 27.7. The van der Waals surface area contributed by atoms with Crippen LogP contribution in [0.2, 0.25) is 0 Å². The molecule has 9 nitrogen and oxygen atoms in total. The fourth-order valence-electron chi connectivity index (χ4n) is 10.00. The Morgan fingerprint density at radius 2 is 1.85 bits per heavy atom. The highest BCUT2D eigenvalue weighted by atomic mass is 16.7. The normalized spacial score (nSPS) is 53.3. The molecule has 2 aliphatic heterocycles. The van der Waals surface area contributed by atoms with Crippen molar-refractivity contribution in [3.05, 3.63) is 11.6 Å². The van der Waals surface area contributed by atoms with Crippen LogP contribution < -0.4 is 0 Å². The van der Waals surface area contributed by atoms with Gasteiger partial charge in [0, 0.05) is 24.0 Å². The van der Waals surface area contributed by atoms with Gasteiger partial charge in [-0.2, -0.15) is 0 Å². The number of aliphatic hydroxyl groups is 3. The summed E-state index contributed by atoms with van der Waals surface area (Å²) < 4.78 is 22.6. The lowest BCUT2D eigenvalue weighted by atomic mass is 9.43. The van der Waals surface area contributed by atoms with Gasteiger partial charge in [0.1, 0.15) is 31.2 Å². The van der Waals surface area contributed by atoms with Crippen LogP contribution >= 0.6 is 0 Å². The number of carbonyl (C=O) groups excluding carboxylic acids is 2. The van der Waals surface area contributed by atoms with Crippen molar-refractivity contribution in [1.29, 1.82) is 0 Å². The average molecular weight is 549 g/mol. The van der Waals surface area contributed by atoms with E-state index in [4.69, 9.17) is 18.9 Å². The number of aldehydes is 1. The van der Waals surface area contributed by atoms with Crippen molar-refractivity contribution in [2.24, 2.45) is 34.5 Å². The molecule has 218 valence electrons. The maximum atomic E-state index is 13.0. The molecule has 13 atom stereocenters. The number of esters is 1. The molecule has 6 aliphatic rings. The molecule has 0 bridgehead atoms. The van der Waals surface area contributed by atoms with Gasteiger partial charge in [-0.3, -0.25) is 0 Å². The second-order valence-electron chi connectivity index (χ2n) is 13.4. The van der Waals surface area contributed by atoms with E-state index in [2.05, 4.69) is 6.92 Å². The smallest absolute Gasteiger partial charge is 0.331 e. The van der Waals surface area contributed by atoms with Crippen LogP contribution in [-0.2, 0) is 28.5 Å². The number of ether oxygens (including phenoxy) is 4. The summed E-state index contributed by atoms with van der Waals surface area (Å²) >= 11 is 0. The third-order valence-corrected chi connectivity index (χ3v) is 12.1. The maximum absolute atomic E-state index is 13.0. The van der Waals surface area contributed by atoms with Crippen molar-refractivity contribution < 1.29 is 43.9 Å². The van der Waals surface area contributed by atoms with Gasteiger partial charge in [-0.25, -0.2) is 4.79 Å². The van der Waals surface area contributed by atoms with Gasteiger partial charge < -0.3 is 39.1 Å². The minimum Gasteiger partial charge on any atom is -0.458 e. The van der Waals surface area contributed by atoms with Crippen LogP contribution in [0.5, 0.6) is 0 Å². The molecule has 0 spiro atoms. The number of rotatable bonds is 5. The molecule has 0 radical (unpaired) electrons. The number of hydrogen-bond donors (Lipinski definition) is 3. The lowest BCUT2D eigenvalue weighted by molar-refractivity contribution is -0.312. The van der Waals surface area contributed by atoms with Crippen LogP contribution in [-0.4, -0.2) is 83.7 Å². The van der Waals surface area contributed by atoms with Crippen molar-refractivity contribution in [2.75, 3.05) is 13.7 Å². The fourth-order valence-corrected chi connectivity index (χ4v) is 10.00. The summed E-state index contributed by atoms with van der Waals surface area (Å²) in [5.74, 6) is 0.152. The zero-order valence-corrected chi connectivity index (χ0v) is 23.3. The van der Waals surface area contributed by atoms with E-state index in [0.29, 0.717) is 32.3 Å². The van der Waals surface area contributed by atoms with Gasteiger partial charge in [-0.05, 0) is 94.0 Å². The Bertz CT molecular complexity index is 1010. The third kappa shape index (κ3) is 4.02. The quantitative estimate of drug-likeness (QED) is 0.269. The molecular formula is C30H44O9. The van der Waals surface area contributed by atoms with Crippen molar-refractivity contribution in [2.45, 2.75) is 114 Å². The monoisotopic (exact) mass is 548 g/mol. The van der Waals surface area contributed by atoms with Crippen LogP contribution in [0, 0.1) is 34.5 Å². The summed E-state index contributed by atoms with van der Waals surface area (Å²) in [5.41, 5.74) is -0.682. The van der Waals surface area contributed by atoms with Crippen LogP contribution in [0.1, 0.15) is 71.6 Å². The van der Waals surface area contributed by atoms with Gasteiger partial charge in [0.05, 0.1) is 17.8 Å². The van der Waals surface area contributed by atoms with Crippen LogP contribution in [0.4, 0.5) is 0 Å². The van der Waals surface area contributed by atoms with Crippen molar-refractivity contribution in [1.82, 2.24) is 0 Å². The molecule has 0 unspecified atom stereocenters. The molecule has 0 amide bonds. The number of fused-ring (bicyclic) bond motifs is 5. The van der Waals surface area contributed by atoms with Crippen LogP contribution in [0.15, 0.2) is 11.6 Å². The predicted molar refractivity (Wildman–Crippen MR) is 138 cm³/mol. The summed E-state index contributed by atoms with van der Waals surface area (Å²) in [6.45, 7) is 4.25. The predicted octanol–water partition coefficient (Wildman–Crippen LogP) is 2.29. The Kier molecular flexibility index (Phi) is 7.04. The number of carbonyl (C=O) groups is 2. The molecule has 0 aromatic rings. The first kappa shape index (κ1) is 27.8. The third-order valence-electron chi connectivity index (χ3n) is 12.1. The average Bonchev–Trinajstić information content (AvgIpc) is 3.47. The van der Waals surface area contributed by atoms with E-state index in [0.717, 1.165) is 37.7 Å². The molecular weight excluding hydrogens is 504 g/mol. The van der Waals surface area contributed by atoms with Gasteiger partial charge in [0.25, 0.3) is 0 Å². The summed E-state index contributed by atoms with van der Waals surface area (Å²) in [4.78, 5) is 24.8. The van der Waals surface area contributed by atoms with Crippen LogP contribution in [0.25, 0.3) is 0 Å². The Morgan fingerprint density at radius 1 is 1.05 bits per heavy atom. The van der Waals surface area contributed by atoms with E-state index in [-0.39, 0.29) is 41.2 Å². The molecule has 4 saturated carbocycles. The number of aliphatic hydroxyl groups excluding tert-OH is 2. The molecule has 6 rings (SSSR count). The lowest BCUT2D eigenvalue weighted by Gasteiger charge is -2.63. The van der Waals surface area contributed by atoms with Crippen molar-refractivity contribution in [3.8, 4) is 0 Å². The van der Waals surface area contributed by atoms with Crippen LogP contribution in [0.3, 0.4) is 0 Å². The SMILES string of the molecule is CO[C@H]1[C@H](O)[C@H](O[C@H]2CC[C@@]3(C=O)[C@H](CC[C@@H]4[C@@H]3CC[C@]3(C)[C@H](C5=CC(=O)OC5)CC[C@]43O)C2)O[C@@H](C)[C@@H]1O. The van der Waals surface area contributed by atoms with Gasteiger partial charge in [0.2, 0.25) is 0 Å². The topological polar surface area (TPSA) is 132 Å². The zero-order valence-electron chi connectivity index (χ0n) is 23.3. The Morgan fingerprint density at radius 3 is 2.54 bits per heavy atom. The lowest BCUT2D eigenvalue weighted by Crippen LogP contribution is -2.63. The molecule has 0 aromatic heterocycles. The highest BCUT2D eigenvalue weighted by molar-refractivity contribution is 5.85. The van der Waals surface area contributed by atoms with E-state index >= 15 is 0 Å². The van der Waals surface area contributed by atoms with Gasteiger partial charge in [-0.15, -0.1) is 0 Å². The summed E-state index contributed by atoms with van der Waals surface area (Å²) in [6, 6.07) is 0. The Balaban J connectivity index is 1.18. The molecule has 4 aliphatic carbocycles. The fraction of sp³-hybridized carbons (Fsp3) is 0.867. The van der Waals surface area contributed by atoms with Gasteiger partial charge in [-0.1, -0.05) is 6.92 Å². The molecule has 0 aromatic carbocycles. The Hall–Kier alpha value is -1.36. The largest absolute Gasteiger partial charge is 0.458 e. The Labute approximate surface area is 230 Å². The maximum Gasteiger partial charge on any atom is 0.331 e. The first-order valence-corrected chi connectivity index (χ1v) is 14.8. The second kappa shape index (κ2) is 9.88. The number of cyclic esters (lactones) is 1. The van der Waals surface area contributed by atoms with Crippen molar-refractivity contribution >= 4 is 12.3 Å². The van der Waals surface area contributed by atoms with E-state index in [1.54, 1.807) is 13.0 Å². The van der Waals surface area contributed by atoms with Gasteiger partial charge >= 0.3 is 5.97 Å². The first-order chi connectivity index (χ1) is 18.6. The first-order valence-electron chi connectivity index (χ1n) is 14.8. The van der Waals surface area contributed by atoms with E-state index in [1.807, 2.05) is 0 Å². The molecule has 2 heterocycles. The second-order valence-corrected chi connectivity index (χ2v) is 13.4. The highest BCUT2D eigenvalue weighted by Crippen LogP contribution is 2.69.